The van der Waals surface area contributed by atoms with Crippen molar-refractivity contribution in [2.45, 2.75) is 149 Å². The summed E-state index contributed by atoms with van der Waals surface area (Å²) in [5.41, 5.74) is 11.7. The van der Waals surface area contributed by atoms with E-state index in [0.717, 1.165) is 110 Å². The lowest BCUT2D eigenvalue weighted by atomic mass is 9.88. The Hall–Kier alpha value is -14.3. The third kappa shape index (κ3) is 15.6. The number of rotatable bonds is 21. The minimum absolute atomic E-state index is 0.000912. The van der Waals surface area contributed by atoms with Gasteiger partial charge >= 0.3 is 0 Å². The van der Waals surface area contributed by atoms with Gasteiger partial charge in [-0.2, -0.15) is 38.5 Å². The molecule has 4 aliphatic heterocycles. The minimum atomic E-state index is -2.88. The number of methoxy groups -OCH3 is 1. The van der Waals surface area contributed by atoms with Crippen LogP contribution in [-0.4, -0.2) is 262 Å². The summed E-state index contributed by atoms with van der Waals surface area (Å²) in [4.78, 5) is 89.2. The summed E-state index contributed by atoms with van der Waals surface area (Å²) in [6.07, 6.45) is 25.4. The van der Waals surface area contributed by atoms with E-state index < -0.39 is 59.4 Å². The molecule has 25 rings (SSSR count). The number of nitrogens with zero attached hydrogens (tertiary/aromatic N) is 20. The largest absolute Gasteiger partial charge is 0.379 e. The van der Waals surface area contributed by atoms with E-state index in [0.29, 0.717) is 98.6 Å². The van der Waals surface area contributed by atoms with Crippen LogP contribution < -0.4 is 42.5 Å². The monoisotopic (exact) mass is 1880 g/mol. The van der Waals surface area contributed by atoms with E-state index in [1.165, 1.54) is 32.1 Å². The second-order valence-corrected chi connectivity index (χ2v) is 35.6. The maximum atomic E-state index is 13.7. The predicted octanol–water partition coefficient (Wildman–Crippen LogP) is 11.8. The Bertz CT molecular complexity index is 6920. The Morgan fingerprint density at radius 1 is 0.380 bits per heavy atom. The number of fused-ring (bicyclic) bond motifs is 8. The molecular weight excluding hydrogens is 1780 g/mol. The van der Waals surface area contributed by atoms with E-state index in [1.807, 2.05) is 98.6 Å². The molecule has 20 heterocycles. The van der Waals surface area contributed by atoms with Crippen molar-refractivity contribution in [3.8, 4) is 45.0 Å². The molecule has 708 valence electrons. The average Bonchev–Trinajstić information content (AvgIpc) is 1.60. The third-order valence-corrected chi connectivity index (χ3v) is 27.6. The van der Waals surface area contributed by atoms with Crippen molar-refractivity contribution in [3.63, 3.8) is 0 Å². The first-order valence-electron chi connectivity index (χ1n) is 45.5. The van der Waals surface area contributed by atoms with E-state index in [1.54, 1.807) is 57.6 Å². The first kappa shape index (κ1) is 88.0. The standard InChI is InChI=1S/C27H31N7O4.3C22H21F2N7O2/c1-28-23-12-21(31-25-18(14-30-34(23)25)26(35)32-20-5-6-22(20)36-2)19-15-33(24-17(19)4-3-9-29-24)16-7-8-27(13-16)37-10-11-38-27;3*1-25-18-7-16(15-9-30(12-10-33-11-12)19-13(15)3-2-6-26-19)28-20-14(8-27-31(18)20)21(32)29-17-4-5-22(17,23)24/h3-4,9,12,14-16,20,22,28H,5-8,10-11,13H2,1-2H3,(H,32,35);3*2-3,6-9,12,17,25H,4-5,10-11H2,1H3,(H,29,32)/t16-,20?,22+;2*17-;/m110./s1. The van der Waals surface area contributed by atoms with Gasteiger partial charge in [0.2, 0.25) is 0 Å². The topological polar surface area (TPSA) is 412 Å². The Labute approximate surface area is 774 Å². The van der Waals surface area contributed by atoms with Gasteiger partial charge < -0.3 is 89.2 Å². The number of alkyl halides is 6. The molecule has 9 fully saturated rings. The zero-order valence-electron chi connectivity index (χ0n) is 74.8. The van der Waals surface area contributed by atoms with Crippen LogP contribution in [0.3, 0.4) is 0 Å². The number of hydrogen-bond donors (Lipinski definition) is 8. The van der Waals surface area contributed by atoms with Crippen LogP contribution >= 0.6 is 0 Å². The quantitative estimate of drug-likeness (QED) is 0.0310. The van der Waals surface area contributed by atoms with E-state index in [4.69, 9.17) is 53.3 Å². The lowest BCUT2D eigenvalue weighted by molar-refractivity contribution is -0.152. The lowest BCUT2D eigenvalue weighted by Gasteiger charge is -2.36. The second kappa shape index (κ2) is 34.8. The van der Waals surface area contributed by atoms with E-state index >= 15 is 0 Å². The van der Waals surface area contributed by atoms with Gasteiger partial charge in [-0.1, -0.05) is 0 Å². The molecular formula is C93H94F6N28O10. The van der Waals surface area contributed by atoms with Gasteiger partial charge in [-0.3, -0.25) is 19.2 Å². The lowest BCUT2D eigenvalue weighted by Crippen LogP contribution is -2.55. The number of pyridine rings is 4. The van der Waals surface area contributed by atoms with E-state index in [9.17, 15) is 45.5 Å². The number of halogens is 6. The summed E-state index contributed by atoms with van der Waals surface area (Å²) >= 11 is 0. The summed E-state index contributed by atoms with van der Waals surface area (Å²) in [6, 6.07) is 20.3. The molecule has 6 atom stereocenters. The highest BCUT2D eigenvalue weighted by Crippen LogP contribution is 2.48. The second-order valence-electron chi connectivity index (χ2n) is 35.6. The molecule has 4 amide bonds. The maximum Gasteiger partial charge on any atom is 0.267 e. The van der Waals surface area contributed by atoms with Gasteiger partial charge in [0.1, 0.15) is 68.1 Å². The van der Waals surface area contributed by atoms with Gasteiger partial charge in [-0.05, 0) is 87.1 Å². The van der Waals surface area contributed by atoms with Crippen molar-refractivity contribution in [1.82, 2.24) is 118 Å². The first-order valence-corrected chi connectivity index (χ1v) is 45.5. The Morgan fingerprint density at radius 2 is 0.679 bits per heavy atom. The van der Waals surface area contributed by atoms with Crippen molar-refractivity contribution in [2.75, 3.05) is 109 Å². The number of carbonyl (C=O) groups is 4. The fourth-order valence-corrected chi connectivity index (χ4v) is 19.0. The normalized spacial score (nSPS) is 21.1. The van der Waals surface area contributed by atoms with Crippen LogP contribution in [0.4, 0.5) is 49.6 Å². The maximum absolute atomic E-state index is 13.7. The van der Waals surface area contributed by atoms with Gasteiger partial charge in [-0.15, -0.1) is 0 Å². The van der Waals surface area contributed by atoms with E-state index in [2.05, 4.69) is 108 Å². The number of amides is 4. The Balaban J connectivity index is 0.000000106. The van der Waals surface area contributed by atoms with Gasteiger partial charge in [0.25, 0.3) is 41.4 Å². The number of aromatic nitrogens is 20. The van der Waals surface area contributed by atoms with Crippen LogP contribution in [0.25, 0.3) is 112 Å². The molecule has 44 heteroatoms. The summed E-state index contributed by atoms with van der Waals surface area (Å²) in [6.45, 7) is 5.00. The molecule has 4 saturated heterocycles. The summed E-state index contributed by atoms with van der Waals surface area (Å²) < 4.78 is 130. The van der Waals surface area contributed by atoms with Crippen LogP contribution in [0, 0.1) is 0 Å². The van der Waals surface area contributed by atoms with Gasteiger partial charge in [0.15, 0.2) is 28.4 Å². The first-order chi connectivity index (χ1) is 66.5. The van der Waals surface area contributed by atoms with Crippen LogP contribution in [0.5, 0.6) is 0 Å². The van der Waals surface area contributed by atoms with Crippen LogP contribution in [0.2, 0.25) is 0 Å². The van der Waals surface area contributed by atoms with Gasteiger partial charge in [0.05, 0.1) is 149 Å². The number of ether oxygens (including phenoxy) is 6. The smallest absolute Gasteiger partial charge is 0.267 e. The fraction of sp³-hybridized carbons (Fsp3) is 0.398. The zero-order chi connectivity index (χ0) is 94.1. The molecule has 137 heavy (non-hydrogen) atoms. The van der Waals surface area contributed by atoms with Crippen molar-refractivity contribution >= 4 is 114 Å². The highest BCUT2D eigenvalue weighted by molar-refractivity contribution is 6.05. The predicted molar refractivity (Wildman–Crippen MR) is 490 cm³/mol. The van der Waals surface area contributed by atoms with Crippen molar-refractivity contribution in [1.29, 1.82) is 0 Å². The fourth-order valence-electron chi connectivity index (χ4n) is 19.0. The molecule has 0 aromatic carbocycles. The summed E-state index contributed by atoms with van der Waals surface area (Å²) in [7, 11) is 8.74. The SMILES string of the molecule is CNc1cc(-c2cn(C3COC3)c3ncccc23)nc2c(C(=O)NC3CCC3(F)F)cnn12.CNc1cc(-c2cn(C3COC3)c3ncccc23)nc2c(C(=O)N[C@@H]3CCC3(F)F)cnn12.CNc1cc(-c2cn(C3COC3)c3ncccc23)nc2c(C(=O)N[C@H]3CCC3(F)F)cnn12.CNc1cc(-c2cn([C@@H]3CCC4(C3)OCCO4)c3ncccc23)nc2c(C(=O)NC3CC[C@@H]3OC)cnn12. The molecule has 2 unspecified atom stereocenters. The molecule has 0 radical (unpaired) electrons. The Morgan fingerprint density at radius 3 is 0.927 bits per heavy atom. The van der Waals surface area contributed by atoms with Crippen LogP contribution in [-0.2, 0) is 28.4 Å². The van der Waals surface area contributed by atoms with Crippen LogP contribution in [0.1, 0.15) is 136 Å². The number of carbonyl (C=O) groups excluding carboxylic acids is 4. The molecule has 9 aliphatic rings. The molecule has 5 saturated carbocycles. The van der Waals surface area contributed by atoms with Crippen LogP contribution in [0.15, 0.2) is 147 Å². The third-order valence-electron chi connectivity index (χ3n) is 27.6. The van der Waals surface area contributed by atoms with E-state index in [-0.39, 0.29) is 114 Å². The molecule has 16 aromatic rings. The highest BCUT2D eigenvalue weighted by atomic mass is 19.3. The van der Waals surface area contributed by atoms with Crippen molar-refractivity contribution < 1.29 is 73.9 Å². The number of anilines is 4. The minimum Gasteiger partial charge on any atom is -0.379 e. The van der Waals surface area contributed by atoms with Crippen molar-refractivity contribution in [3.05, 3.63) is 169 Å². The molecule has 38 nitrogen and oxygen atoms in total. The summed E-state index contributed by atoms with van der Waals surface area (Å²) in [5.74, 6) is -8.59. The molecule has 0 bridgehead atoms. The molecule has 1 spiro atoms. The summed E-state index contributed by atoms with van der Waals surface area (Å²) in [5, 5.41) is 43.8. The highest BCUT2D eigenvalue weighted by Gasteiger charge is 2.52. The average molecular weight is 1880 g/mol. The molecule has 5 aliphatic carbocycles. The van der Waals surface area contributed by atoms with Crippen molar-refractivity contribution in [2.24, 2.45) is 0 Å². The van der Waals surface area contributed by atoms with Gasteiger partial charge in [0, 0.05) is 191 Å². The molecule has 8 N–H and O–H groups in total. The Kier molecular flexibility index (Phi) is 22.3. The molecule has 16 aromatic heterocycles. The zero-order valence-corrected chi connectivity index (χ0v) is 74.8. The number of hydrogen-bond acceptors (Lipinski definition) is 26. The van der Waals surface area contributed by atoms with Gasteiger partial charge in [-0.25, -0.2) is 66.2 Å². The number of nitrogens with one attached hydrogen (secondary N) is 8.